The predicted octanol–water partition coefficient (Wildman–Crippen LogP) is 0.807. The van der Waals surface area contributed by atoms with Gasteiger partial charge in [-0.25, -0.2) is 22.3 Å². The quantitative estimate of drug-likeness (QED) is 0.873. The summed E-state index contributed by atoms with van der Waals surface area (Å²) in [4.78, 5) is 12.8. The summed E-state index contributed by atoms with van der Waals surface area (Å²) in [6.07, 6.45) is 0.275. The third-order valence-electron chi connectivity index (χ3n) is 3.07. The van der Waals surface area contributed by atoms with Gasteiger partial charge in [-0.15, -0.1) is 0 Å². The van der Waals surface area contributed by atoms with Crippen molar-refractivity contribution in [3.63, 3.8) is 0 Å². The summed E-state index contributed by atoms with van der Waals surface area (Å²) in [6.45, 7) is -0.709. The average molecular weight is 307 g/mol. The van der Waals surface area contributed by atoms with Crippen molar-refractivity contribution in [2.45, 2.75) is 30.2 Å². The molecule has 1 aliphatic rings. The molecule has 1 saturated carbocycles. The monoisotopic (exact) mass is 307 g/mol. The molecule has 2 rings (SSSR count). The highest BCUT2D eigenvalue weighted by Gasteiger charge is 2.31. The van der Waals surface area contributed by atoms with Crippen LogP contribution in [0.1, 0.15) is 29.4 Å². The van der Waals surface area contributed by atoms with E-state index in [4.69, 9.17) is 5.14 Å². The molecule has 1 aromatic rings. The number of hydrogen-bond acceptors (Lipinski definition) is 3. The van der Waals surface area contributed by atoms with Crippen molar-refractivity contribution in [1.29, 1.82) is 0 Å². The van der Waals surface area contributed by atoms with Crippen molar-refractivity contribution >= 4 is 15.9 Å². The first-order valence-electron chi connectivity index (χ1n) is 5.98. The zero-order valence-corrected chi connectivity index (χ0v) is 11.6. The Morgan fingerprint density at radius 1 is 1.55 bits per heavy atom. The van der Waals surface area contributed by atoms with Gasteiger partial charge in [-0.05, 0) is 18.9 Å². The SMILES string of the molecule is CN(CC(F)F)C(=O)c1cc(S(N)(=O)=O)cn1C1CC1. The van der Waals surface area contributed by atoms with Crippen molar-refractivity contribution in [2.24, 2.45) is 5.14 Å². The lowest BCUT2D eigenvalue weighted by molar-refractivity contribution is 0.0611. The Labute approximate surface area is 115 Å². The summed E-state index contributed by atoms with van der Waals surface area (Å²) in [6, 6.07) is 1.17. The van der Waals surface area contributed by atoms with Crippen LogP contribution in [0.4, 0.5) is 8.78 Å². The predicted molar refractivity (Wildman–Crippen MR) is 67.0 cm³/mol. The van der Waals surface area contributed by atoms with Gasteiger partial charge in [0.1, 0.15) is 10.6 Å². The number of halogens is 2. The summed E-state index contributed by atoms with van der Waals surface area (Å²) in [5, 5.41) is 5.03. The number of nitrogens with zero attached hydrogens (tertiary/aromatic N) is 2. The van der Waals surface area contributed by atoms with Crippen LogP contribution in [0.5, 0.6) is 0 Å². The number of rotatable bonds is 5. The van der Waals surface area contributed by atoms with Crippen LogP contribution in [-0.2, 0) is 10.0 Å². The number of aromatic nitrogens is 1. The molecular formula is C11H15F2N3O3S. The Balaban J connectivity index is 2.35. The Bertz CT molecular complexity index is 623. The summed E-state index contributed by atoms with van der Waals surface area (Å²) < 4.78 is 48.8. The Morgan fingerprint density at radius 2 is 2.15 bits per heavy atom. The fourth-order valence-corrected chi connectivity index (χ4v) is 2.46. The maximum atomic E-state index is 12.3. The van der Waals surface area contributed by atoms with Gasteiger partial charge in [-0.3, -0.25) is 4.79 Å². The average Bonchev–Trinajstić information content (AvgIpc) is 3.04. The molecule has 6 nitrogen and oxygen atoms in total. The van der Waals surface area contributed by atoms with Gasteiger partial charge in [0.15, 0.2) is 0 Å². The molecule has 0 unspecified atom stereocenters. The molecule has 1 fully saturated rings. The largest absolute Gasteiger partial charge is 0.339 e. The van der Waals surface area contributed by atoms with E-state index in [9.17, 15) is 22.0 Å². The first-order valence-corrected chi connectivity index (χ1v) is 7.53. The first kappa shape index (κ1) is 14.9. The number of carbonyl (C=O) groups is 1. The van der Waals surface area contributed by atoms with Gasteiger partial charge in [0.2, 0.25) is 10.0 Å². The van der Waals surface area contributed by atoms with E-state index in [1.54, 1.807) is 0 Å². The molecule has 20 heavy (non-hydrogen) atoms. The van der Waals surface area contributed by atoms with Gasteiger partial charge in [-0.2, -0.15) is 0 Å². The molecule has 0 aliphatic heterocycles. The lowest BCUT2D eigenvalue weighted by Gasteiger charge is -2.17. The van der Waals surface area contributed by atoms with Crippen LogP contribution in [-0.4, -0.2) is 43.8 Å². The molecule has 0 aromatic carbocycles. The smallest absolute Gasteiger partial charge is 0.270 e. The van der Waals surface area contributed by atoms with Gasteiger partial charge in [-0.1, -0.05) is 0 Å². The zero-order chi connectivity index (χ0) is 15.1. The second-order valence-electron chi connectivity index (χ2n) is 4.82. The summed E-state index contributed by atoms with van der Waals surface area (Å²) in [5.74, 6) is -0.646. The highest BCUT2D eigenvalue weighted by atomic mass is 32.2. The zero-order valence-electron chi connectivity index (χ0n) is 10.8. The second-order valence-corrected chi connectivity index (χ2v) is 6.38. The third kappa shape index (κ3) is 3.15. The minimum Gasteiger partial charge on any atom is -0.339 e. The van der Waals surface area contributed by atoms with E-state index < -0.39 is 28.9 Å². The third-order valence-corrected chi connectivity index (χ3v) is 3.95. The van der Waals surface area contributed by atoms with Gasteiger partial charge >= 0.3 is 0 Å². The fraction of sp³-hybridized carbons (Fsp3) is 0.545. The van der Waals surface area contributed by atoms with Gasteiger partial charge in [0, 0.05) is 19.3 Å². The molecule has 1 heterocycles. The molecule has 1 aliphatic carbocycles. The first-order chi connectivity index (χ1) is 9.20. The van der Waals surface area contributed by atoms with E-state index >= 15 is 0 Å². The van der Waals surface area contributed by atoms with Crippen LogP contribution in [0, 0.1) is 0 Å². The van der Waals surface area contributed by atoms with Crippen LogP contribution in [0.25, 0.3) is 0 Å². The highest BCUT2D eigenvalue weighted by molar-refractivity contribution is 7.89. The lowest BCUT2D eigenvalue weighted by Crippen LogP contribution is -2.32. The fourth-order valence-electron chi connectivity index (χ4n) is 1.92. The van der Waals surface area contributed by atoms with Crippen molar-refractivity contribution in [1.82, 2.24) is 9.47 Å². The van der Waals surface area contributed by atoms with E-state index in [2.05, 4.69) is 0 Å². The second kappa shape index (κ2) is 5.13. The normalized spacial score (nSPS) is 15.7. The van der Waals surface area contributed by atoms with Gasteiger partial charge < -0.3 is 9.47 Å². The lowest BCUT2D eigenvalue weighted by atomic mass is 10.3. The maximum absolute atomic E-state index is 12.3. The standard InChI is InChI=1S/C11H15F2N3O3S/c1-15(6-10(12)13)11(17)9-4-8(20(14,18)19)5-16(9)7-2-3-7/h4-5,7,10H,2-3,6H2,1H3,(H2,14,18,19). The highest BCUT2D eigenvalue weighted by Crippen LogP contribution is 2.37. The molecule has 1 amide bonds. The molecule has 0 bridgehead atoms. The van der Waals surface area contributed by atoms with E-state index in [1.165, 1.54) is 17.8 Å². The van der Waals surface area contributed by atoms with Crippen molar-refractivity contribution in [2.75, 3.05) is 13.6 Å². The molecule has 0 radical (unpaired) electrons. The topological polar surface area (TPSA) is 85.4 Å². The van der Waals surface area contributed by atoms with E-state index in [1.807, 2.05) is 0 Å². The summed E-state index contributed by atoms with van der Waals surface area (Å²) in [5.41, 5.74) is 0.0691. The molecular weight excluding hydrogens is 292 g/mol. The molecule has 0 saturated heterocycles. The number of primary sulfonamides is 1. The number of nitrogens with two attached hydrogens (primary N) is 1. The minimum atomic E-state index is -3.93. The molecule has 9 heteroatoms. The van der Waals surface area contributed by atoms with Crippen LogP contribution >= 0.6 is 0 Å². The Morgan fingerprint density at radius 3 is 2.60 bits per heavy atom. The molecule has 0 atom stereocenters. The van der Waals surface area contributed by atoms with E-state index in [0.717, 1.165) is 23.8 Å². The summed E-state index contributed by atoms with van der Waals surface area (Å²) in [7, 11) is -2.69. The van der Waals surface area contributed by atoms with Crippen LogP contribution < -0.4 is 5.14 Å². The number of carbonyl (C=O) groups excluding carboxylic acids is 1. The van der Waals surface area contributed by atoms with E-state index in [-0.39, 0.29) is 16.6 Å². The van der Waals surface area contributed by atoms with Crippen molar-refractivity contribution < 1.29 is 22.0 Å². The Hall–Kier alpha value is -1.48. The summed E-state index contributed by atoms with van der Waals surface area (Å²) >= 11 is 0. The number of alkyl halides is 2. The minimum absolute atomic E-state index is 0.0319. The van der Waals surface area contributed by atoms with Crippen LogP contribution in [0.15, 0.2) is 17.2 Å². The number of amides is 1. The van der Waals surface area contributed by atoms with Gasteiger partial charge in [0.05, 0.1) is 6.54 Å². The molecule has 112 valence electrons. The van der Waals surface area contributed by atoms with Crippen molar-refractivity contribution in [3.8, 4) is 0 Å². The van der Waals surface area contributed by atoms with Gasteiger partial charge in [0.25, 0.3) is 12.3 Å². The van der Waals surface area contributed by atoms with E-state index in [0.29, 0.717) is 0 Å². The van der Waals surface area contributed by atoms with Crippen LogP contribution in [0.2, 0.25) is 0 Å². The Kier molecular flexibility index (Phi) is 3.83. The number of sulfonamides is 1. The molecule has 1 aromatic heterocycles. The maximum Gasteiger partial charge on any atom is 0.270 e. The van der Waals surface area contributed by atoms with Crippen LogP contribution in [0.3, 0.4) is 0 Å². The molecule has 2 N–H and O–H groups in total. The van der Waals surface area contributed by atoms with Crippen molar-refractivity contribution in [3.05, 3.63) is 18.0 Å². The molecule has 0 spiro atoms. The number of hydrogen-bond donors (Lipinski definition) is 1.